The molecule has 7 heteroatoms. The molecule has 170 valence electrons. The molecule has 0 fully saturated rings. The Kier molecular flexibility index (Phi) is 6.68. The Hall–Kier alpha value is -3.74. The molecule has 0 amide bonds. The average Bonchev–Trinajstić information content (AvgIpc) is 3.14. The summed E-state index contributed by atoms with van der Waals surface area (Å²) in [5, 5.41) is 14.7. The van der Waals surface area contributed by atoms with Crippen molar-refractivity contribution in [2.75, 3.05) is 0 Å². The van der Waals surface area contributed by atoms with Crippen molar-refractivity contribution in [3.63, 3.8) is 0 Å². The number of hydrogen-bond acceptors (Lipinski definition) is 6. The maximum atomic E-state index is 12.1. The lowest BCUT2D eigenvalue weighted by Gasteiger charge is -2.18. The lowest BCUT2D eigenvalue weighted by atomic mass is 10.0. The summed E-state index contributed by atoms with van der Waals surface area (Å²) in [6.45, 7) is 3.92. The van der Waals surface area contributed by atoms with Gasteiger partial charge in [0.15, 0.2) is 5.78 Å². The molecule has 0 unspecified atom stereocenters. The maximum Gasteiger partial charge on any atom is 0.326 e. The fourth-order valence-corrected chi connectivity index (χ4v) is 4.12. The van der Waals surface area contributed by atoms with Gasteiger partial charge in [0.25, 0.3) is 0 Å². The summed E-state index contributed by atoms with van der Waals surface area (Å²) >= 11 is 0. The number of fused-ring (bicyclic) bond motifs is 1. The number of ether oxygens (including phenoxy) is 1. The smallest absolute Gasteiger partial charge is 0.326 e. The van der Waals surface area contributed by atoms with Crippen molar-refractivity contribution < 1.29 is 19.4 Å². The monoisotopic (exact) mass is 445 g/mol. The minimum absolute atomic E-state index is 0.123. The van der Waals surface area contributed by atoms with Crippen LogP contribution in [0, 0.1) is 6.92 Å². The second-order valence-electron chi connectivity index (χ2n) is 8.28. The van der Waals surface area contributed by atoms with Gasteiger partial charge in [0, 0.05) is 42.2 Å². The molecular formula is C26H27N3O4. The van der Waals surface area contributed by atoms with Crippen molar-refractivity contribution in [2.45, 2.75) is 52.0 Å². The van der Waals surface area contributed by atoms with Gasteiger partial charge < -0.3 is 15.2 Å². The first-order valence-electron chi connectivity index (χ1n) is 11.2. The molecule has 33 heavy (non-hydrogen) atoms. The molecule has 1 aliphatic carbocycles. The molecule has 0 aliphatic heterocycles. The second-order valence-corrected chi connectivity index (χ2v) is 8.28. The molecule has 2 aromatic heterocycles. The van der Waals surface area contributed by atoms with Crippen LogP contribution in [0.4, 0.5) is 0 Å². The van der Waals surface area contributed by atoms with Gasteiger partial charge in [0.2, 0.25) is 5.88 Å². The third-order valence-corrected chi connectivity index (χ3v) is 5.75. The average molecular weight is 446 g/mol. The first-order valence-corrected chi connectivity index (χ1v) is 11.2. The number of Topliss-reactive ketones (excluding diaryl/α,β-unsaturated/α-hetero) is 1. The molecule has 1 aromatic carbocycles. The highest BCUT2D eigenvalue weighted by atomic mass is 16.5. The minimum Gasteiger partial charge on any atom is -0.480 e. The van der Waals surface area contributed by atoms with Crippen LogP contribution in [0.2, 0.25) is 0 Å². The van der Waals surface area contributed by atoms with Gasteiger partial charge >= 0.3 is 5.97 Å². The molecule has 0 spiro atoms. The van der Waals surface area contributed by atoms with E-state index in [1.54, 1.807) is 24.5 Å². The zero-order valence-corrected chi connectivity index (χ0v) is 18.8. The molecule has 0 saturated carbocycles. The van der Waals surface area contributed by atoms with Crippen LogP contribution in [0.15, 0.2) is 60.1 Å². The Morgan fingerprint density at radius 3 is 2.73 bits per heavy atom. The minimum atomic E-state index is -0.944. The third kappa shape index (κ3) is 5.19. The van der Waals surface area contributed by atoms with Crippen LogP contribution in [-0.2, 0) is 16.0 Å². The van der Waals surface area contributed by atoms with Crippen LogP contribution in [0.5, 0.6) is 11.6 Å². The predicted molar refractivity (Wildman–Crippen MR) is 125 cm³/mol. The normalized spacial score (nSPS) is 14.5. The van der Waals surface area contributed by atoms with Crippen LogP contribution in [-0.4, -0.2) is 32.9 Å². The molecule has 0 saturated heterocycles. The number of benzene rings is 1. The van der Waals surface area contributed by atoms with E-state index in [2.05, 4.69) is 15.3 Å². The lowest BCUT2D eigenvalue weighted by molar-refractivity contribution is -0.139. The van der Waals surface area contributed by atoms with Gasteiger partial charge in [-0.1, -0.05) is 25.5 Å². The number of carboxylic acid groups (broad SMARTS) is 1. The highest BCUT2D eigenvalue weighted by Gasteiger charge is 2.26. The van der Waals surface area contributed by atoms with Gasteiger partial charge in [-0.2, -0.15) is 0 Å². The highest BCUT2D eigenvalue weighted by Crippen LogP contribution is 2.29. The molecule has 1 atom stereocenters. The van der Waals surface area contributed by atoms with Crippen molar-refractivity contribution in [3.05, 3.63) is 71.3 Å². The Balaban J connectivity index is 1.49. The predicted octanol–water partition coefficient (Wildman–Crippen LogP) is 4.73. The van der Waals surface area contributed by atoms with E-state index in [0.717, 1.165) is 39.7 Å². The number of allylic oxidation sites excluding steroid dienone is 2. The standard InChI is InChI=1S/C26H27N3O4/c1-3-4-20-22(9-10-24(20)30)29-23(26(31)32)14-17-5-7-19(8-6-17)33-25-21-15-27-12-11-18(21)13-16(2)28-25/h5-8,11-13,15,23,29H,3-4,9-10,14H2,1-2H3,(H,31,32)/t23-/m0/s1. The first kappa shape index (κ1) is 22.5. The molecule has 1 aliphatic rings. The fourth-order valence-electron chi connectivity index (χ4n) is 4.12. The number of carbonyl (C=O) groups excluding carboxylic acids is 1. The number of pyridine rings is 2. The number of aryl methyl sites for hydroxylation is 1. The van der Waals surface area contributed by atoms with Gasteiger partial charge in [0.1, 0.15) is 11.8 Å². The van der Waals surface area contributed by atoms with Crippen LogP contribution >= 0.6 is 0 Å². The number of nitrogens with one attached hydrogen (secondary N) is 1. The molecule has 0 radical (unpaired) electrons. The topological polar surface area (TPSA) is 101 Å². The quantitative estimate of drug-likeness (QED) is 0.491. The number of rotatable bonds is 9. The molecule has 2 heterocycles. The number of ketones is 1. The number of aromatic nitrogens is 2. The number of carbonyl (C=O) groups is 2. The number of hydrogen-bond donors (Lipinski definition) is 2. The van der Waals surface area contributed by atoms with Gasteiger partial charge in [-0.05, 0) is 55.0 Å². The van der Waals surface area contributed by atoms with E-state index in [9.17, 15) is 14.7 Å². The van der Waals surface area contributed by atoms with E-state index in [4.69, 9.17) is 4.74 Å². The zero-order valence-electron chi connectivity index (χ0n) is 18.8. The van der Waals surface area contributed by atoms with E-state index in [1.165, 1.54) is 0 Å². The summed E-state index contributed by atoms with van der Waals surface area (Å²) in [5.41, 5.74) is 3.23. The summed E-state index contributed by atoms with van der Waals surface area (Å²) in [6.07, 6.45) is 6.32. The van der Waals surface area contributed by atoms with E-state index >= 15 is 0 Å². The van der Waals surface area contributed by atoms with Crippen LogP contribution in [0.1, 0.15) is 43.9 Å². The van der Waals surface area contributed by atoms with E-state index in [-0.39, 0.29) is 5.78 Å². The zero-order chi connectivity index (χ0) is 23.4. The number of nitrogens with zero attached hydrogens (tertiary/aromatic N) is 2. The van der Waals surface area contributed by atoms with Gasteiger partial charge in [-0.25, -0.2) is 9.78 Å². The summed E-state index contributed by atoms with van der Waals surface area (Å²) in [6, 6.07) is 10.4. The largest absolute Gasteiger partial charge is 0.480 e. The van der Waals surface area contributed by atoms with Crippen LogP contribution in [0.25, 0.3) is 10.8 Å². The first-order chi connectivity index (χ1) is 15.9. The van der Waals surface area contributed by atoms with Crippen molar-refractivity contribution >= 4 is 22.5 Å². The van der Waals surface area contributed by atoms with Gasteiger partial charge in [0.05, 0.1) is 5.39 Å². The number of carboxylic acids is 1. The summed E-state index contributed by atoms with van der Waals surface area (Å²) in [7, 11) is 0. The van der Waals surface area contributed by atoms with E-state index in [0.29, 0.717) is 37.3 Å². The van der Waals surface area contributed by atoms with Crippen molar-refractivity contribution in [2.24, 2.45) is 0 Å². The van der Waals surface area contributed by atoms with Gasteiger partial charge in [-0.3, -0.25) is 9.78 Å². The van der Waals surface area contributed by atoms with Gasteiger partial charge in [-0.15, -0.1) is 0 Å². The summed E-state index contributed by atoms with van der Waals surface area (Å²) < 4.78 is 6.01. The Morgan fingerprint density at radius 1 is 1.21 bits per heavy atom. The van der Waals surface area contributed by atoms with Crippen molar-refractivity contribution in [1.29, 1.82) is 0 Å². The highest BCUT2D eigenvalue weighted by molar-refractivity contribution is 5.98. The molecule has 2 N–H and O–H groups in total. The molecule has 4 rings (SSSR count). The van der Waals surface area contributed by atoms with Crippen LogP contribution < -0.4 is 10.1 Å². The summed E-state index contributed by atoms with van der Waals surface area (Å²) in [4.78, 5) is 32.7. The van der Waals surface area contributed by atoms with Crippen molar-refractivity contribution in [1.82, 2.24) is 15.3 Å². The fraction of sp³-hybridized carbons (Fsp3) is 0.308. The van der Waals surface area contributed by atoms with Crippen molar-refractivity contribution in [3.8, 4) is 11.6 Å². The maximum absolute atomic E-state index is 12.1. The molecule has 3 aromatic rings. The van der Waals surface area contributed by atoms with E-state index in [1.807, 2.05) is 38.1 Å². The van der Waals surface area contributed by atoms with Crippen LogP contribution in [0.3, 0.4) is 0 Å². The second kappa shape index (κ2) is 9.81. The lowest BCUT2D eigenvalue weighted by Crippen LogP contribution is -2.38. The Bertz CT molecular complexity index is 1220. The number of aliphatic carboxylic acids is 1. The third-order valence-electron chi connectivity index (χ3n) is 5.75. The molecule has 0 bridgehead atoms. The Labute approximate surface area is 192 Å². The molecular weight excluding hydrogens is 418 g/mol. The SMILES string of the molecule is CCCC1=C(N[C@@H](Cc2ccc(Oc3nc(C)cc4ccncc34)cc2)C(=O)O)CCC1=O. The van der Waals surface area contributed by atoms with E-state index < -0.39 is 12.0 Å². The molecule has 7 nitrogen and oxygen atoms in total. The Morgan fingerprint density at radius 2 is 2.00 bits per heavy atom. The summed E-state index contributed by atoms with van der Waals surface area (Å²) in [5.74, 6) is 0.270.